The Kier molecular flexibility index (Phi) is 3.14. The van der Waals surface area contributed by atoms with E-state index in [0.29, 0.717) is 6.04 Å². The van der Waals surface area contributed by atoms with Crippen molar-refractivity contribution in [1.29, 1.82) is 0 Å². The lowest BCUT2D eigenvalue weighted by atomic mass is 9.84. The maximum Gasteiger partial charge on any atom is 0.0417 e. The van der Waals surface area contributed by atoms with Crippen LogP contribution in [0.1, 0.15) is 18.4 Å². The average Bonchev–Trinajstić information content (AvgIpc) is 2.36. The number of anilines is 1. The molecule has 0 spiro atoms. The van der Waals surface area contributed by atoms with E-state index in [9.17, 15) is 0 Å². The van der Waals surface area contributed by atoms with Gasteiger partial charge in [0.05, 0.1) is 0 Å². The Morgan fingerprint density at radius 2 is 2.06 bits per heavy atom. The maximum atomic E-state index is 3.75. The minimum absolute atomic E-state index is 0.644. The van der Waals surface area contributed by atoms with Crippen molar-refractivity contribution < 1.29 is 0 Å². The summed E-state index contributed by atoms with van der Waals surface area (Å²) >= 11 is 3.60. The Balaban J connectivity index is 1.76. The van der Waals surface area contributed by atoms with Crippen LogP contribution in [0.3, 0.4) is 0 Å². The molecule has 3 aliphatic heterocycles. The molecule has 0 amide bonds. The van der Waals surface area contributed by atoms with Gasteiger partial charge in [0.25, 0.3) is 0 Å². The molecule has 3 saturated heterocycles. The first kappa shape index (κ1) is 11.5. The number of rotatable bonds is 2. The molecule has 3 heterocycles. The molecular weight excluding hydrogens is 276 g/mol. The molecule has 1 aromatic carbocycles. The van der Waals surface area contributed by atoms with E-state index in [1.807, 2.05) is 0 Å². The summed E-state index contributed by atoms with van der Waals surface area (Å²) in [6.45, 7) is 6.00. The van der Waals surface area contributed by atoms with Crippen LogP contribution in [-0.4, -0.2) is 30.6 Å². The number of piperidine rings is 3. The molecule has 3 aliphatic rings. The summed E-state index contributed by atoms with van der Waals surface area (Å²) in [7, 11) is 0. The van der Waals surface area contributed by atoms with Gasteiger partial charge in [-0.3, -0.25) is 0 Å². The van der Waals surface area contributed by atoms with E-state index < -0.39 is 0 Å². The Hall–Kier alpha value is -0.540. The summed E-state index contributed by atoms with van der Waals surface area (Å²) in [5.74, 6) is 0.874. The van der Waals surface area contributed by atoms with E-state index in [1.165, 1.54) is 48.2 Å². The molecule has 0 aliphatic carbocycles. The van der Waals surface area contributed by atoms with Gasteiger partial charge in [0.2, 0.25) is 0 Å². The van der Waals surface area contributed by atoms with Crippen LogP contribution in [0.15, 0.2) is 22.7 Å². The zero-order valence-electron chi connectivity index (χ0n) is 10.2. The van der Waals surface area contributed by atoms with Gasteiger partial charge in [-0.05, 0) is 56.5 Å². The third-order valence-corrected chi connectivity index (χ3v) is 5.12. The lowest BCUT2D eigenvalue weighted by Crippen LogP contribution is -2.53. The number of fused-ring (bicyclic) bond motifs is 3. The van der Waals surface area contributed by atoms with Gasteiger partial charge in [0.15, 0.2) is 0 Å². The number of nitrogens with zero attached hydrogens (tertiary/aromatic N) is 1. The van der Waals surface area contributed by atoms with E-state index in [1.54, 1.807) is 0 Å². The molecule has 1 atom stereocenters. The summed E-state index contributed by atoms with van der Waals surface area (Å²) in [4.78, 5) is 2.59. The molecule has 0 radical (unpaired) electrons. The van der Waals surface area contributed by atoms with E-state index in [2.05, 4.69) is 51.3 Å². The largest absolute Gasteiger partial charge is 0.380 e. The molecule has 3 heteroatoms. The second-order valence-electron chi connectivity index (χ2n) is 5.30. The van der Waals surface area contributed by atoms with Crippen LogP contribution in [0.2, 0.25) is 0 Å². The van der Waals surface area contributed by atoms with Crippen molar-refractivity contribution >= 4 is 21.6 Å². The predicted molar refractivity (Wildman–Crippen MR) is 75.5 cm³/mol. The molecule has 1 aromatic rings. The van der Waals surface area contributed by atoms with Crippen LogP contribution in [0.5, 0.6) is 0 Å². The smallest absolute Gasteiger partial charge is 0.0417 e. The zero-order valence-corrected chi connectivity index (χ0v) is 11.8. The molecule has 0 saturated carbocycles. The standard InChI is InChI=1S/C14H19BrN2/c1-10-12(15)3-2-4-13(10)16-14-9-17-7-5-11(14)6-8-17/h2-4,11,14,16H,5-9H2,1H3. The van der Waals surface area contributed by atoms with E-state index >= 15 is 0 Å². The SMILES string of the molecule is Cc1c(Br)cccc1NC1CN2CCC1CC2. The average molecular weight is 295 g/mol. The van der Waals surface area contributed by atoms with Gasteiger partial charge in [-0.2, -0.15) is 0 Å². The summed E-state index contributed by atoms with van der Waals surface area (Å²) in [5.41, 5.74) is 2.61. The fourth-order valence-corrected chi connectivity index (χ4v) is 3.46. The minimum Gasteiger partial charge on any atom is -0.380 e. The molecule has 2 nitrogen and oxygen atoms in total. The summed E-state index contributed by atoms with van der Waals surface area (Å²) < 4.78 is 1.20. The van der Waals surface area contributed by atoms with Crippen molar-refractivity contribution in [1.82, 2.24) is 4.90 Å². The van der Waals surface area contributed by atoms with Crippen LogP contribution < -0.4 is 5.32 Å². The Labute approximate surface area is 112 Å². The number of halogens is 1. The molecule has 0 aromatic heterocycles. The lowest BCUT2D eigenvalue weighted by Gasteiger charge is -2.45. The van der Waals surface area contributed by atoms with Crippen LogP contribution >= 0.6 is 15.9 Å². The second kappa shape index (κ2) is 4.62. The molecule has 3 fully saturated rings. The quantitative estimate of drug-likeness (QED) is 0.901. The van der Waals surface area contributed by atoms with Crippen molar-refractivity contribution in [3.8, 4) is 0 Å². The Morgan fingerprint density at radius 1 is 1.29 bits per heavy atom. The fourth-order valence-electron chi connectivity index (χ4n) is 3.09. The first-order valence-electron chi connectivity index (χ1n) is 6.48. The molecular formula is C14H19BrN2. The molecule has 1 unspecified atom stereocenters. The fraction of sp³-hybridized carbons (Fsp3) is 0.571. The van der Waals surface area contributed by atoms with E-state index in [-0.39, 0.29) is 0 Å². The first-order chi connectivity index (χ1) is 8.24. The van der Waals surface area contributed by atoms with Gasteiger partial charge in [-0.25, -0.2) is 0 Å². The van der Waals surface area contributed by atoms with Crippen molar-refractivity contribution in [2.75, 3.05) is 25.0 Å². The molecule has 4 rings (SSSR count). The highest BCUT2D eigenvalue weighted by Gasteiger charge is 2.34. The van der Waals surface area contributed by atoms with Crippen LogP contribution in [0.4, 0.5) is 5.69 Å². The normalized spacial score (nSPS) is 31.5. The minimum atomic E-state index is 0.644. The van der Waals surface area contributed by atoms with Gasteiger partial charge in [-0.15, -0.1) is 0 Å². The van der Waals surface area contributed by atoms with Gasteiger partial charge < -0.3 is 10.2 Å². The Bertz CT molecular complexity index is 411. The third kappa shape index (κ3) is 2.23. The third-order valence-electron chi connectivity index (χ3n) is 4.26. The van der Waals surface area contributed by atoms with E-state index in [4.69, 9.17) is 0 Å². The van der Waals surface area contributed by atoms with Crippen molar-refractivity contribution in [2.45, 2.75) is 25.8 Å². The van der Waals surface area contributed by atoms with Crippen molar-refractivity contribution in [3.05, 3.63) is 28.2 Å². The van der Waals surface area contributed by atoms with Gasteiger partial charge >= 0.3 is 0 Å². The summed E-state index contributed by atoms with van der Waals surface area (Å²) in [5, 5.41) is 3.75. The topological polar surface area (TPSA) is 15.3 Å². The van der Waals surface area contributed by atoms with Gasteiger partial charge in [0.1, 0.15) is 0 Å². The van der Waals surface area contributed by atoms with Crippen molar-refractivity contribution in [3.63, 3.8) is 0 Å². The zero-order chi connectivity index (χ0) is 11.8. The second-order valence-corrected chi connectivity index (χ2v) is 6.16. The number of nitrogens with one attached hydrogen (secondary N) is 1. The van der Waals surface area contributed by atoms with Crippen LogP contribution in [0, 0.1) is 12.8 Å². The van der Waals surface area contributed by atoms with Crippen molar-refractivity contribution in [2.24, 2.45) is 5.92 Å². The van der Waals surface area contributed by atoms with Crippen LogP contribution in [-0.2, 0) is 0 Å². The van der Waals surface area contributed by atoms with Crippen LogP contribution in [0.25, 0.3) is 0 Å². The highest BCUT2D eigenvalue weighted by Crippen LogP contribution is 2.31. The van der Waals surface area contributed by atoms with Gasteiger partial charge in [-0.1, -0.05) is 22.0 Å². The molecule has 17 heavy (non-hydrogen) atoms. The monoisotopic (exact) mass is 294 g/mol. The highest BCUT2D eigenvalue weighted by atomic mass is 79.9. The maximum absolute atomic E-state index is 3.75. The Morgan fingerprint density at radius 3 is 2.71 bits per heavy atom. The summed E-state index contributed by atoms with van der Waals surface area (Å²) in [6, 6.07) is 7.06. The molecule has 1 N–H and O–H groups in total. The van der Waals surface area contributed by atoms with E-state index in [0.717, 1.165) is 5.92 Å². The number of benzene rings is 1. The first-order valence-corrected chi connectivity index (χ1v) is 7.27. The summed E-state index contributed by atoms with van der Waals surface area (Å²) in [6.07, 6.45) is 2.73. The molecule has 92 valence electrons. The predicted octanol–water partition coefficient (Wildman–Crippen LogP) is 3.26. The molecule has 2 bridgehead atoms. The number of hydrogen-bond acceptors (Lipinski definition) is 2. The number of hydrogen-bond donors (Lipinski definition) is 1. The lowest BCUT2D eigenvalue weighted by molar-refractivity contribution is 0.0975. The van der Waals surface area contributed by atoms with Gasteiger partial charge in [0, 0.05) is 22.7 Å². The highest BCUT2D eigenvalue weighted by molar-refractivity contribution is 9.10.